The highest BCUT2D eigenvalue weighted by Crippen LogP contribution is 2.17. The summed E-state index contributed by atoms with van der Waals surface area (Å²) in [5, 5.41) is 3.26. The molecule has 0 aliphatic heterocycles. The Morgan fingerprint density at radius 2 is 2.12 bits per heavy atom. The highest BCUT2D eigenvalue weighted by molar-refractivity contribution is 5.28. The number of ether oxygens (including phenoxy) is 2. The minimum atomic E-state index is 0.155. The van der Waals surface area contributed by atoms with Crippen LogP contribution < -0.4 is 10.1 Å². The number of rotatable bonds is 7. The molecule has 0 fully saturated rings. The van der Waals surface area contributed by atoms with Crippen molar-refractivity contribution in [2.24, 2.45) is 0 Å². The largest absolute Gasteiger partial charge is 0.489 e. The summed E-state index contributed by atoms with van der Waals surface area (Å²) in [4.78, 5) is 0. The first-order valence-electron chi connectivity index (χ1n) is 6.13. The molecule has 96 valence electrons. The lowest BCUT2D eigenvalue weighted by Crippen LogP contribution is -2.38. The molecule has 0 heterocycles. The van der Waals surface area contributed by atoms with Crippen molar-refractivity contribution in [2.75, 3.05) is 14.2 Å². The maximum absolute atomic E-state index is 5.93. The van der Waals surface area contributed by atoms with Gasteiger partial charge in [-0.25, -0.2) is 0 Å². The van der Waals surface area contributed by atoms with Gasteiger partial charge in [0, 0.05) is 13.2 Å². The SMILES string of the molecule is CCC(NC)C(C)Oc1cccc(COC)c1. The van der Waals surface area contributed by atoms with Gasteiger partial charge in [-0.1, -0.05) is 19.1 Å². The van der Waals surface area contributed by atoms with Gasteiger partial charge in [0.1, 0.15) is 11.9 Å². The maximum atomic E-state index is 5.93. The Kier molecular flexibility index (Phi) is 6.01. The van der Waals surface area contributed by atoms with Crippen LogP contribution in [0.15, 0.2) is 24.3 Å². The van der Waals surface area contributed by atoms with Crippen LogP contribution in [0.1, 0.15) is 25.8 Å². The van der Waals surface area contributed by atoms with Crippen LogP contribution in [-0.4, -0.2) is 26.3 Å². The lowest BCUT2D eigenvalue weighted by molar-refractivity contribution is 0.169. The lowest BCUT2D eigenvalue weighted by Gasteiger charge is -2.23. The molecule has 3 heteroatoms. The van der Waals surface area contributed by atoms with Crippen LogP contribution in [0.2, 0.25) is 0 Å². The zero-order chi connectivity index (χ0) is 12.7. The number of hydrogen-bond donors (Lipinski definition) is 1. The molecule has 1 N–H and O–H groups in total. The molecule has 0 saturated carbocycles. The summed E-state index contributed by atoms with van der Waals surface area (Å²) in [6, 6.07) is 8.43. The van der Waals surface area contributed by atoms with Crippen molar-refractivity contribution >= 4 is 0 Å². The molecule has 0 aliphatic rings. The molecular formula is C14H23NO2. The number of likely N-dealkylation sites (N-methyl/N-ethyl adjacent to an activating group) is 1. The number of nitrogens with one attached hydrogen (secondary N) is 1. The van der Waals surface area contributed by atoms with E-state index in [9.17, 15) is 0 Å². The summed E-state index contributed by atoms with van der Waals surface area (Å²) in [5.74, 6) is 0.903. The van der Waals surface area contributed by atoms with E-state index in [0.29, 0.717) is 12.6 Å². The molecule has 0 saturated heterocycles. The summed E-state index contributed by atoms with van der Waals surface area (Å²) < 4.78 is 11.0. The highest BCUT2D eigenvalue weighted by atomic mass is 16.5. The fourth-order valence-electron chi connectivity index (χ4n) is 1.94. The average molecular weight is 237 g/mol. The van der Waals surface area contributed by atoms with Crippen LogP contribution in [0.3, 0.4) is 0 Å². The summed E-state index contributed by atoms with van der Waals surface area (Å²) in [6.45, 7) is 4.87. The van der Waals surface area contributed by atoms with Gasteiger partial charge < -0.3 is 14.8 Å². The highest BCUT2D eigenvalue weighted by Gasteiger charge is 2.14. The van der Waals surface area contributed by atoms with Crippen LogP contribution in [-0.2, 0) is 11.3 Å². The van der Waals surface area contributed by atoms with Crippen molar-refractivity contribution in [3.8, 4) is 5.75 Å². The van der Waals surface area contributed by atoms with Gasteiger partial charge in [0.15, 0.2) is 0 Å². The molecule has 0 aliphatic carbocycles. The zero-order valence-electron chi connectivity index (χ0n) is 11.2. The fourth-order valence-corrected chi connectivity index (χ4v) is 1.94. The topological polar surface area (TPSA) is 30.5 Å². The Labute approximate surface area is 104 Å². The molecule has 0 amide bonds. The molecular weight excluding hydrogens is 214 g/mol. The van der Waals surface area contributed by atoms with E-state index in [4.69, 9.17) is 9.47 Å². The summed E-state index contributed by atoms with van der Waals surface area (Å²) in [5.41, 5.74) is 1.13. The fraction of sp³-hybridized carbons (Fsp3) is 0.571. The van der Waals surface area contributed by atoms with E-state index in [1.165, 1.54) is 0 Å². The van der Waals surface area contributed by atoms with Crippen LogP contribution in [0.5, 0.6) is 5.75 Å². The van der Waals surface area contributed by atoms with Crippen molar-refractivity contribution in [2.45, 2.75) is 39.0 Å². The second-order valence-electron chi connectivity index (χ2n) is 4.21. The molecule has 2 unspecified atom stereocenters. The third kappa shape index (κ3) is 4.36. The predicted octanol–water partition coefficient (Wildman–Crippen LogP) is 2.60. The van der Waals surface area contributed by atoms with Gasteiger partial charge in [-0.3, -0.25) is 0 Å². The second-order valence-corrected chi connectivity index (χ2v) is 4.21. The Bertz CT molecular complexity index is 324. The minimum Gasteiger partial charge on any atom is -0.489 e. The summed E-state index contributed by atoms with van der Waals surface area (Å²) in [6.07, 6.45) is 1.21. The number of methoxy groups -OCH3 is 1. The van der Waals surface area contributed by atoms with Crippen molar-refractivity contribution in [3.05, 3.63) is 29.8 Å². The quantitative estimate of drug-likeness (QED) is 0.790. The van der Waals surface area contributed by atoms with Crippen molar-refractivity contribution in [1.82, 2.24) is 5.32 Å². The summed E-state index contributed by atoms with van der Waals surface area (Å²) in [7, 11) is 3.67. The monoisotopic (exact) mass is 237 g/mol. The Morgan fingerprint density at radius 3 is 2.71 bits per heavy atom. The first-order valence-corrected chi connectivity index (χ1v) is 6.13. The van der Waals surface area contributed by atoms with E-state index in [2.05, 4.69) is 19.2 Å². The van der Waals surface area contributed by atoms with Gasteiger partial charge in [0.25, 0.3) is 0 Å². The molecule has 17 heavy (non-hydrogen) atoms. The minimum absolute atomic E-state index is 0.155. The van der Waals surface area contributed by atoms with Crippen LogP contribution in [0.4, 0.5) is 0 Å². The smallest absolute Gasteiger partial charge is 0.120 e. The second kappa shape index (κ2) is 7.30. The van der Waals surface area contributed by atoms with Gasteiger partial charge in [-0.2, -0.15) is 0 Å². The molecule has 2 atom stereocenters. The lowest BCUT2D eigenvalue weighted by atomic mass is 10.1. The number of benzene rings is 1. The van der Waals surface area contributed by atoms with E-state index in [1.807, 2.05) is 31.3 Å². The summed E-state index contributed by atoms with van der Waals surface area (Å²) >= 11 is 0. The predicted molar refractivity (Wildman–Crippen MR) is 70.4 cm³/mol. The van der Waals surface area contributed by atoms with Crippen LogP contribution in [0.25, 0.3) is 0 Å². The van der Waals surface area contributed by atoms with Crippen LogP contribution >= 0.6 is 0 Å². The van der Waals surface area contributed by atoms with Crippen LogP contribution in [0, 0.1) is 0 Å². The van der Waals surface area contributed by atoms with Gasteiger partial charge in [0.05, 0.1) is 6.61 Å². The Morgan fingerprint density at radius 1 is 1.35 bits per heavy atom. The molecule has 1 aromatic rings. The third-order valence-corrected chi connectivity index (χ3v) is 2.91. The van der Waals surface area contributed by atoms with E-state index in [-0.39, 0.29) is 6.10 Å². The van der Waals surface area contributed by atoms with E-state index in [0.717, 1.165) is 17.7 Å². The van der Waals surface area contributed by atoms with Gasteiger partial charge >= 0.3 is 0 Å². The standard InChI is InChI=1S/C14H23NO2/c1-5-14(15-3)11(2)17-13-8-6-7-12(9-13)10-16-4/h6-9,11,14-15H,5,10H2,1-4H3. The number of hydrogen-bond acceptors (Lipinski definition) is 3. The average Bonchev–Trinajstić information content (AvgIpc) is 2.31. The first kappa shape index (κ1) is 14.0. The van der Waals surface area contributed by atoms with E-state index in [1.54, 1.807) is 7.11 Å². The normalized spacial score (nSPS) is 14.4. The molecule has 0 radical (unpaired) electrons. The van der Waals surface area contributed by atoms with Crippen molar-refractivity contribution in [3.63, 3.8) is 0 Å². The zero-order valence-corrected chi connectivity index (χ0v) is 11.2. The Hall–Kier alpha value is -1.06. The Balaban J connectivity index is 2.63. The van der Waals surface area contributed by atoms with Crippen molar-refractivity contribution in [1.29, 1.82) is 0 Å². The molecule has 0 aromatic heterocycles. The van der Waals surface area contributed by atoms with Gasteiger partial charge in [-0.15, -0.1) is 0 Å². The molecule has 1 rings (SSSR count). The maximum Gasteiger partial charge on any atom is 0.120 e. The van der Waals surface area contributed by atoms with E-state index < -0.39 is 0 Å². The molecule has 0 bridgehead atoms. The van der Waals surface area contributed by atoms with Crippen molar-refractivity contribution < 1.29 is 9.47 Å². The third-order valence-electron chi connectivity index (χ3n) is 2.91. The van der Waals surface area contributed by atoms with Gasteiger partial charge in [-0.05, 0) is 38.1 Å². The van der Waals surface area contributed by atoms with Gasteiger partial charge in [0.2, 0.25) is 0 Å². The molecule has 0 spiro atoms. The first-order chi connectivity index (χ1) is 8.21. The molecule has 3 nitrogen and oxygen atoms in total. The molecule has 1 aromatic carbocycles. The van der Waals surface area contributed by atoms with E-state index >= 15 is 0 Å².